The molecule has 0 unspecified atom stereocenters. The lowest BCUT2D eigenvalue weighted by atomic mass is 10.1. The maximum Gasteiger partial charge on any atom is 0.134 e. The van der Waals surface area contributed by atoms with Crippen molar-refractivity contribution in [3.63, 3.8) is 0 Å². The number of halogens is 1. The smallest absolute Gasteiger partial charge is 0.134 e. The first-order valence-corrected chi connectivity index (χ1v) is 7.91. The lowest BCUT2D eigenvalue weighted by Crippen LogP contribution is -1.84. The van der Waals surface area contributed by atoms with Crippen LogP contribution in [0.2, 0.25) is 0 Å². The van der Waals surface area contributed by atoms with Gasteiger partial charge in [0.25, 0.3) is 0 Å². The van der Waals surface area contributed by atoms with Crippen LogP contribution in [-0.2, 0) is 0 Å². The molecule has 0 spiro atoms. The molecule has 0 saturated carbocycles. The molecule has 0 N–H and O–H groups in total. The molecule has 2 aromatic carbocycles. The first-order chi connectivity index (χ1) is 11.7. The van der Waals surface area contributed by atoms with Crippen LogP contribution in [0.25, 0.3) is 22.9 Å². The molecule has 24 heavy (non-hydrogen) atoms. The molecule has 3 nitrogen and oxygen atoms in total. The van der Waals surface area contributed by atoms with Crippen LogP contribution in [-0.4, -0.2) is 4.98 Å². The summed E-state index contributed by atoms with van der Waals surface area (Å²) in [5, 5.41) is 20.7. The van der Waals surface area contributed by atoms with Crippen LogP contribution >= 0.6 is 11.3 Å². The fourth-order valence-electron chi connectivity index (χ4n) is 2.11. The highest BCUT2D eigenvalue weighted by atomic mass is 32.1. The van der Waals surface area contributed by atoms with Gasteiger partial charge in [-0.2, -0.15) is 10.5 Å². The Hall–Kier alpha value is -3.28. The summed E-state index contributed by atoms with van der Waals surface area (Å²) in [5.41, 5.74) is 3.34. The number of allylic oxidation sites excluding steroid dienone is 1. The van der Waals surface area contributed by atoms with E-state index in [1.165, 1.54) is 23.5 Å². The van der Waals surface area contributed by atoms with Crippen LogP contribution < -0.4 is 0 Å². The first-order valence-electron chi connectivity index (χ1n) is 7.03. The number of rotatable bonds is 3. The van der Waals surface area contributed by atoms with Gasteiger partial charge in [0, 0.05) is 10.9 Å². The van der Waals surface area contributed by atoms with Crippen LogP contribution in [0.4, 0.5) is 4.39 Å². The SMILES string of the molecule is N#C/C(=C/c1ccc(C#N)cc1)c1nc(-c2ccc(F)cc2)cs1. The molecule has 0 atom stereocenters. The molecule has 0 aliphatic carbocycles. The summed E-state index contributed by atoms with van der Waals surface area (Å²) in [4.78, 5) is 4.46. The molecule has 0 aliphatic rings. The van der Waals surface area contributed by atoms with E-state index in [0.717, 1.165) is 11.1 Å². The number of aromatic nitrogens is 1. The second kappa shape index (κ2) is 6.87. The van der Waals surface area contributed by atoms with Crippen molar-refractivity contribution < 1.29 is 4.39 Å². The normalized spacial score (nSPS) is 10.9. The number of hydrogen-bond acceptors (Lipinski definition) is 4. The third-order valence-electron chi connectivity index (χ3n) is 3.35. The van der Waals surface area contributed by atoms with Crippen LogP contribution in [0.1, 0.15) is 16.1 Å². The highest BCUT2D eigenvalue weighted by molar-refractivity contribution is 7.11. The van der Waals surface area contributed by atoms with E-state index in [4.69, 9.17) is 5.26 Å². The van der Waals surface area contributed by atoms with Gasteiger partial charge >= 0.3 is 0 Å². The molecule has 3 aromatic rings. The predicted molar refractivity (Wildman–Crippen MR) is 92.1 cm³/mol. The van der Waals surface area contributed by atoms with Crippen LogP contribution in [0.5, 0.6) is 0 Å². The van der Waals surface area contributed by atoms with Gasteiger partial charge in [-0.15, -0.1) is 11.3 Å². The summed E-state index contributed by atoms with van der Waals surface area (Å²) < 4.78 is 13.0. The minimum Gasteiger partial charge on any atom is -0.235 e. The minimum atomic E-state index is -0.298. The summed E-state index contributed by atoms with van der Waals surface area (Å²) in [5.74, 6) is -0.298. The Morgan fingerprint density at radius 2 is 1.75 bits per heavy atom. The molecule has 0 aliphatic heterocycles. The van der Waals surface area contributed by atoms with Gasteiger partial charge in [0.2, 0.25) is 0 Å². The Labute approximate surface area is 142 Å². The fourth-order valence-corrected chi connectivity index (χ4v) is 2.91. The van der Waals surface area contributed by atoms with E-state index in [2.05, 4.69) is 17.1 Å². The van der Waals surface area contributed by atoms with Crippen molar-refractivity contribution in [2.45, 2.75) is 0 Å². The summed E-state index contributed by atoms with van der Waals surface area (Å²) >= 11 is 1.36. The van der Waals surface area contributed by atoms with Crippen molar-refractivity contribution in [3.05, 3.63) is 75.9 Å². The van der Waals surface area contributed by atoms with Gasteiger partial charge in [-0.3, -0.25) is 0 Å². The second-order valence-electron chi connectivity index (χ2n) is 4.95. The highest BCUT2D eigenvalue weighted by Crippen LogP contribution is 2.27. The topological polar surface area (TPSA) is 60.5 Å². The zero-order valence-corrected chi connectivity index (χ0v) is 13.2. The van der Waals surface area contributed by atoms with Gasteiger partial charge in [0.1, 0.15) is 16.9 Å². The van der Waals surface area contributed by atoms with E-state index in [9.17, 15) is 9.65 Å². The molecule has 1 heterocycles. The van der Waals surface area contributed by atoms with Crippen LogP contribution in [0.15, 0.2) is 53.9 Å². The van der Waals surface area contributed by atoms with Gasteiger partial charge in [-0.1, -0.05) is 12.1 Å². The lowest BCUT2D eigenvalue weighted by molar-refractivity contribution is 0.628. The summed E-state index contributed by atoms with van der Waals surface area (Å²) in [6.07, 6.45) is 1.73. The van der Waals surface area contributed by atoms with Crippen molar-refractivity contribution >= 4 is 23.0 Å². The number of benzene rings is 2. The molecule has 0 fully saturated rings. The predicted octanol–water partition coefficient (Wildman–Crippen LogP) is 4.89. The molecule has 0 amide bonds. The average molecular weight is 331 g/mol. The van der Waals surface area contributed by atoms with E-state index >= 15 is 0 Å². The molecule has 5 heteroatoms. The standard InChI is InChI=1S/C19H10FN3S/c20-17-7-5-15(6-8-17)18-12-24-19(23-18)16(11-22)9-13-1-3-14(10-21)4-2-13/h1-9,12H/b16-9-. The van der Waals surface area contributed by atoms with Gasteiger partial charge in [-0.25, -0.2) is 9.37 Å². The molecule has 0 bridgehead atoms. The fraction of sp³-hybridized carbons (Fsp3) is 0. The Bertz CT molecular complexity index is 971. The van der Waals surface area contributed by atoms with Crippen molar-refractivity contribution in [1.29, 1.82) is 10.5 Å². The zero-order chi connectivity index (χ0) is 16.9. The minimum absolute atomic E-state index is 0.298. The van der Waals surface area contributed by atoms with Crippen LogP contribution in [0, 0.1) is 28.5 Å². The maximum absolute atomic E-state index is 13.0. The van der Waals surface area contributed by atoms with Crippen molar-refractivity contribution in [3.8, 4) is 23.4 Å². The van der Waals surface area contributed by atoms with Crippen molar-refractivity contribution in [1.82, 2.24) is 4.98 Å². The summed E-state index contributed by atoms with van der Waals surface area (Å²) in [7, 11) is 0. The van der Waals surface area contributed by atoms with Crippen LogP contribution in [0.3, 0.4) is 0 Å². The van der Waals surface area contributed by atoms with Gasteiger partial charge in [0.15, 0.2) is 0 Å². The second-order valence-corrected chi connectivity index (χ2v) is 5.81. The lowest BCUT2D eigenvalue weighted by Gasteiger charge is -1.97. The highest BCUT2D eigenvalue weighted by Gasteiger charge is 2.09. The zero-order valence-electron chi connectivity index (χ0n) is 12.4. The number of thiazole rings is 1. The van der Waals surface area contributed by atoms with Gasteiger partial charge in [-0.05, 0) is 48.0 Å². The van der Waals surface area contributed by atoms with E-state index in [0.29, 0.717) is 21.8 Å². The Balaban J connectivity index is 1.91. The monoisotopic (exact) mass is 331 g/mol. The molecule has 1 aromatic heterocycles. The Kier molecular flexibility index (Phi) is 4.47. The molecule has 3 rings (SSSR count). The Morgan fingerprint density at radius 1 is 1.04 bits per heavy atom. The third-order valence-corrected chi connectivity index (χ3v) is 4.22. The average Bonchev–Trinajstić information content (AvgIpc) is 3.10. The first kappa shape index (κ1) is 15.6. The molecule has 0 saturated heterocycles. The maximum atomic E-state index is 13.0. The largest absolute Gasteiger partial charge is 0.235 e. The number of hydrogen-bond donors (Lipinski definition) is 0. The molecular formula is C19H10FN3S. The Morgan fingerprint density at radius 3 is 2.38 bits per heavy atom. The molecule has 0 radical (unpaired) electrons. The number of nitrogens with zero attached hydrogens (tertiary/aromatic N) is 3. The molecular weight excluding hydrogens is 321 g/mol. The van der Waals surface area contributed by atoms with Crippen molar-refractivity contribution in [2.75, 3.05) is 0 Å². The van der Waals surface area contributed by atoms with E-state index in [-0.39, 0.29) is 5.82 Å². The van der Waals surface area contributed by atoms with Crippen molar-refractivity contribution in [2.24, 2.45) is 0 Å². The summed E-state index contributed by atoms with van der Waals surface area (Å²) in [6.45, 7) is 0. The quantitative estimate of drug-likeness (QED) is 0.642. The molecule has 114 valence electrons. The number of nitriles is 2. The third kappa shape index (κ3) is 3.38. The van der Waals surface area contributed by atoms with Gasteiger partial charge in [0.05, 0.1) is 22.9 Å². The summed E-state index contributed by atoms with van der Waals surface area (Å²) in [6, 6.07) is 17.3. The van der Waals surface area contributed by atoms with E-state index in [1.807, 2.05) is 5.38 Å². The van der Waals surface area contributed by atoms with E-state index in [1.54, 1.807) is 42.5 Å². The van der Waals surface area contributed by atoms with E-state index < -0.39 is 0 Å². The van der Waals surface area contributed by atoms with Gasteiger partial charge < -0.3 is 0 Å².